The monoisotopic (exact) mass is 987 g/mol. The molecular weight excluding hydrogens is 928 g/mol. The predicted molar refractivity (Wildman–Crippen MR) is 249 cm³/mol. The summed E-state index contributed by atoms with van der Waals surface area (Å²) in [5, 5.41) is 29.5. The highest BCUT2D eigenvalue weighted by molar-refractivity contribution is 7.85. The van der Waals surface area contributed by atoms with E-state index in [1.807, 2.05) is 26.0 Å². The van der Waals surface area contributed by atoms with Crippen LogP contribution >= 0.6 is 7.82 Å². The number of unbranched alkanes of at least 4 members (excludes halogenated alkanes) is 3. The lowest BCUT2D eigenvalue weighted by atomic mass is 9.79. The second-order valence-electron chi connectivity index (χ2n) is 18.4. The molecule has 68 heavy (non-hydrogen) atoms. The highest BCUT2D eigenvalue weighted by atomic mass is 32.2. The number of anilines is 3. The van der Waals surface area contributed by atoms with Crippen molar-refractivity contribution >= 4 is 58.3 Å². The number of aliphatic hydroxyl groups excluding tert-OH is 2. The van der Waals surface area contributed by atoms with Crippen LogP contribution in [0, 0.1) is 0 Å². The van der Waals surface area contributed by atoms with Gasteiger partial charge in [-0.05, 0) is 70.6 Å². The molecule has 25 heteroatoms. The zero-order valence-corrected chi connectivity index (χ0v) is 39.8. The number of phosphoric acid groups is 1. The molecule has 6 heterocycles. The maximum Gasteiger partial charge on any atom is 0.469 e. The third-order valence-corrected chi connectivity index (χ3v) is 14.3. The lowest BCUT2D eigenvalue weighted by Gasteiger charge is -2.48. The number of nitrogens with two attached hydrogens (primary N) is 1. The molecular formula is C43H60N10O13PS+. The van der Waals surface area contributed by atoms with Crippen molar-refractivity contribution in [3.8, 4) is 11.5 Å². The number of H-pyrrole nitrogens is 1. The third kappa shape index (κ3) is 10.9. The predicted octanol–water partition coefficient (Wildman–Crippen LogP) is 1.47. The van der Waals surface area contributed by atoms with E-state index in [0.29, 0.717) is 62.5 Å². The van der Waals surface area contributed by atoms with E-state index >= 15 is 0 Å². The molecule has 0 saturated carbocycles. The van der Waals surface area contributed by atoms with E-state index in [-0.39, 0.29) is 35.4 Å². The van der Waals surface area contributed by atoms with Crippen molar-refractivity contribution in [2.24, 2.45) is 4.99 Å². The van der Waals surface area contributed by atoms with Crippen LogP contribution in [0.2, 0.25) is 0 Å². The Balaban J connectivity index is 0.844. The quantitative estimate of drug-likeness (QED) is 0.0245. The van der Waals surface area contributed by atoms with E-state index in [4.69, 9.17) is 30.0 Å². The van der Waals surface area contributed by atoms with Gasteiger partial charge in [-0.1, -0.05) is 12.8 Å². The number of ether oxygens (including phenoxy) is 2. The fourth-order valence-corrected chi connectivity index (χ4v) is 11.0. The SMILES string of the molecule is CC[N+]1=c2cc3c(cc2CCC1)=Nc1cc2c(cc1O3)N(CCCC(=O)NCCCCCCNc1nc3c(=O)[nH]c(N)nc3n1[C@@H]1O[C@H](COP(=O)(O)O)[C@@H](O)[C@H]1O)C(C)(C)CC2CS(=O)(=O)O. The topological polar surface area (TPSA) is 329 Å². The number of benzene rings is 2. The molecule has 10 N–H and O–H groups in total. The standard InChI is InChI=1S/C43H59N10O13PS/c1-4-51-15-9-11-24-17-27-31(19-29(24)51)65-32-20-30-26(18-28(32)47-27)25(23-68(61,62)63)21-43(2,3)52(30)16-10-12-34(54)45-13-7-5-6-8-14-46-42-48-35-38(49-41(44)50-39(35)57)53(42)40-37(56)36(55)33(66-40)22-64-67(58,59)60/h17-20,25,33,36-37,40,47,55-56H,4-16,21-23H2,1-3H3,(H6,44,45,50,54,57,58,59,60,61,62,63)/p+1/t25?,33-,36-,37-,40-/m1/s1. The molecule has 5 atom stereocenters. The minimum Gasteiger partial charge on any atom is -0.452 e. The number of aromatic nitrogens is 4. The first kappa shape index (κ1) is 49.4. The Hall–Kier alpha value is -5.04. The van der Waals surface area contributed by atoms with Crippen molar-refractivity contribution in [3.05, 3.63) is 56.5 Å². The van der Waals surface area contributed by atoms with Gasteiger partial charge in [0.1, 0.15) is 42.4 Å². The van der Waals surface area contributed by atoms with Gasteiger partial charge in [-0.2, -0.15) is 13.4 Å². The van der Waals surface area contributed by atoms with Gasteiger partial charge < -0.3 is 50.7 Å². The first-order valence-electron chi connectivity index (χ1n) is 22.9. The van der Waals surface area contributed by atoms with E-state index in [2.05, 4.69) is 58.6 Å². The number of aliphatic hydroxyl groups is 2. The number of rotatable bonds is 19. The van der Waals surface area contributed by atoms with Gasteiger partial charge in [-0.15, -0.1) is 0 Å². The number of hydrogen-bond acceptors (Lipinski definition) is 16. The summed E-state index contributed by atoms with van der Waals surface area (Å²) in [6.45, 7) is 8.67. The van der Waals surface area contributed by atoms with Crippen LogP contribution in [0.25, 0.3) is 11.2 Å². The number of carbonyl (C=O) groups is 1. The summed E-state index contributed by atoms with van der Waals surface area (Å²) in [4.78, 5) is 62.0. The third-order valence-electron chi connectivity index (χ3n) is 13.0. The van der Waals surface area contributed by atoms with Crippen LogP contribution in [0.5, 0.6) is 11.5 Å². The molecule has 4 aliphatic heterocycles. The number of carbonyl (C=O) groups excluding carboxylic acids is 1. The van der Waals surface area contributed by atoms with Crippen molar-refractivity contribution in [1.82, 2.24) is 29.4 Å². The minimum atomic E-state index is -4.91. The van der Waals surface area contributed by atoms with Crippen LogP contribution in [-0.2, 0) is 35.2 Å². The smallest absolute Gasteiger partial charge is 0.452 e. The Morgan fingerprint density at radius 2 is 1.84 bits per heavy atom. The second kappa shape index (κ2) is 19.8. The number of phosphoric ester groups is 1. The van der Waals surface area contributed by atoms with Crippen molar-refractivity contribution in [2.45, 2.75) is 115 Å². The van der Waals surface area contributed by atoms with Crippen LogP contribution in [0.1, 0.15) is 95.4 Å². The fraction of sp³-hybridized carbons (Fsp3) is 0.581. The summed E-state index contributed by atoms with van der Waals surface area (Å²) in [7, 11) is -9.21. The first-order chi connectivity index (χ1) is 32.2. The van der Waals surface area contributed by atoms with Crippen molar-refractivity contribution in [3.63, 3.8) is 0 Å². The average Bonchev–Trinajstić information content (AvgIpc) is 3.76. The second-order valence-corrected chi connectivity index (χ2v) is 21.1. The molecule has 0 spiro atoms. The molecule has 4 aromatic rings. The molecule has 0 aliphatic carbocycles. The number of aromatic amines is 1. The number of amides is 1. The molecule has 0 bridgehead atoms. The maximum atomic E-state index is 13.0. The van der Waals surface area contributed by atoms with Crippen molar-refractivity contribution < 1.29 is 56.3 Å². The highest BCUT2D eigenvalue weighted by Gasteiger charge is 2.46. The van der Waals surface area contributed by atoms with E-state index in [9.17, 15) is 37.3 Å². The van der Waals surface area contributed by atoms with Gasteiger partial charge in [0.15, 0.2) is 28.9 Å². The van der Waals surface area contributed by atoms with E-state index in [0.717, 1.165) is 60.7 Å². The molecule has 0 radical (unpaired) electrons. The molecule has 4 aliphatic rings. The molecule has 23 nitrogen and oxygen atoms in total. The molecule has 1 fully saturated rings. The van der Waals surface area contributed by atoms with Crippen LogP contribution < -0.4 is 46.9 Å². The lowest BCUT2D eigenvalue weighted by molar-refractivity contribution is -0.121. The fourth-order valence-electron chi connectivity index (χ4n) is 9.84. The maximum absolute atomic E-state index is 13.0. The number of aryl methyl sites for hydroxylation is 1. The zero-order valence-electron chi connectivity index (χ0n) is 38.1. The number of hydrogen-bond donors (Lipinski definition) is 9. The summed E-state index contributed by atoms with van der Waals surface area (Å²) in [5.41, 5.74) is 7.79. The minimum absolute atomic E-state index is 0.0525. The van der Waals surface area contributed by atoms with Crippen molar-refractivity contribution in [2.75, 3.05) is 61.0 Å². The molecule has 2 aromatic heterocycles. The summed E-state index contributed by atoms with van der Waals surface area (Å²) >= 11 is 0. The van der Waals surface area contributed by atoms with Crippen molar-refractivity contribution in [1.29, 1.82) is 0 Å². The number of nitrogens with one attached hydrogen (secondary N) is 3. The molecule has 1 unspecified atom stereocenters. The van der Waals surface area contributed by atoms with Crippen LogP contribution in [0.4, 0.5) is 23.3 Å². The molecule has 2 aromatic carbocycles. The Kier molecular flexibility index (Phi) is 14.3. The van der Waals surface area contributed by atoms with E-state index < -0.39 is 71.9 Å². The van der Waals surface area contributed by atoms with Crippen LogP contribution in [-0.4, -0.2) is 127 Å². The average molecular weight is 988 g/mol. The molecule has 370 valence electrons. The van der Waals surface area contributed by atoms with Gasteiger partial charge in [-0.3, -0.25) is 28.2 Å². The van der Waals surface area contributed by atoms with Gasteiger partial charge in [-0.25, -0.2) is 19.1 Å². The molecule has 8 rings (SSSR count). The van der Waals surface area contributed by atoms with Gasteiger partial charge in [0.25, 0.3) is 15.7 Å². The summed E-state index contributed by atoms with van der Waals surface area (Å²) in [6, 6.07) is 7.94. The Labute approximate surface area is 391 Å². The summed E-state index contributed by atoms with van der Waals surface area (Å²) < 4.78 is 66.1. The summed E-state index contributed by atoms with van der Waals surface area (Å²) in [6.07, 6.45) is 0.201. The number of nitrogen functional groups attached to an aromatic ring is 1. The van der Waals surface area contributed by atoms with Crippen LogP contribution in [0.3, 0.4) is 0 Å². The summed E-state index contributed by atoms with van der Waals surface area (Å²) in [5.74, 6) is 0.0424. The number of nitrogens with zero attached hydrogens (tertiary/aromatic N) is 6. The lowest BCUT2D eigenvalue weighted by Crippen LogP contribution is -2.50. The normalized spacial score (nSPS) is 21.9. The molecule has 1 saturated heterocycles. The Bertz CT molecular complexity index is 2920. The highest BCUT2D eigenvalue weighted by Crippen LogP contribution is 2.49. The van der Waals surface area contributed by atoms with E-state index in [1.165, 1.54) is 10.1 Å². The number of imidazole rings is 1. The van der Waals surface area contributed by atoms with Crippen LogP contribution in [0.15, 0.2) is 34.1 Å². The largest absolute Gasteiger partial charge is 0.469 e. The first-order valence-corrected chi connectivity index (χ1v) is 26.1. The zero-order chi connectivity index (χ0) is 48.7. The van der Waals surface area contributed by atoms with Gasteiger partial charge >= 0.3 is 7.82 Å². The van der Waals surface area contributed by atoms with E-state index in [1.54, 1.807) is 0 Å². The molecule has 1 amide bonds. The Morgan fingerprint density at radius 3 is 2.57 bits per heavy atom. The van der Waals surface area contributed by atoms with Gasteiger partial charge in [0.2, 0.25) is 23.2 Å². The van der Waals surface area contributed by atoms with Gasteiger partial charge in [0, 0.05) is 61.2 Å². The van der Waals surface area contributed by atoms with Gasteiger partial charge in [0.05, 0.1) is 18.4 Å². The number of fused-ring (bicyclic) bond motifs is 5. The Morgan fingerprint density at radius 1 is 1.07 bits per heavy atom.